The Bertz CT molecular complexity index is 990. The molecule has 2 amide bonds. The number of carbonyl (C=O) groups excluding carboxylic acids is 2. The van der Waals surface area contributed by atoms with E-state index in [0.29, 0.717) is 27.7 Å². The molecular weight excluding hydrogens is 447 g/mol. The summed E-state index contributed by atoms with van der Waals surface area (Å²) in [6.07, 6.45) is -4.94. The molecule has 0 spiro atoms. The van der Waals surface area contributed by atoms with Gasteiger partial charge in [-0.3, -0.25) is 9.59 Å². The van der Waals surface area contributed by atoms with Gasteiger partial charge in [-0.2, -0.15) is 13.2 Å². The van der Waals surface area contributed by atoms with Gasteiger partial charge in [0.05, 0.1) is 17.5 Å². The molecule has 6 nitrogen and oxygen atoms in total. The summed E-state index contributed by atoms with van der Waals surface area (Å²) in [6.45, 7) is 3.97. The molecule has 32 heavy (non-hydrogen) atoms. The molecule has 0 bridgehead atoms. The number of rotatable bonds is 5. The van der Waals surface area contributed by atoms with Crippen molar-refractivity contribution in [3.63, 3.8) is 0 Å². The Hall–Kier alpha value is -2.94. The third kappa shape index (κ3) is 5.85. The number of hydrogen-bond donors (Lipinski definition) is 1. The van der Waals surface area contributed by atoms with Crippen LogP contribution in [0, 0.1) is 0 Å². The second-order valence-corrected chi connectivity index (χ2v) is 8.02. The Morgan fingerprint density at radius 2 is 1.75 bits per heavy atom. The number of anilines is 2. The number of benzene rings is 2. The van der Waals surface area contributed by atoms with Gasteiger partial charge in [0.2, 0.25) is 0 Å². The molecule has 3 rings (SSSR count). The zero-order valence-electron chi connectivity index (χ0n) is 17.6. The van der Waals surface area contributed by atoms with Crippen molar-refractivity contribution < 1.29 is 27.5 Å². The molecule has 0 radical (unpaired) electrons. The van der Waals surface area contributed by atoms with Gasteiger partial charge in [0, 0.05) is 36.8 Å². The number of piperazine rings is 1. The highest BCUT2D eigenvalue weighted by Crippen LogP contribution is 2.31. The number of nitrogens with one attached hydrogen (secondary N) is 1. The summed E-state index contributed by atoms with van der Waals surface area (Å²) < 4.78 is 43.7. The molecule has 1 saturated heterocycles. The monoisotopic (exact) mass is 469 g/mol. The number of nitrogens with zero attached hydrogens (tertiary/aromatic N) is 2. The van der Waals surface area contributed by atoms with Gasteiger partial charge in [-0.1, -0.05) is 17.7 Å². The lowest BCUT2D eigenvalue weighted by Crippen LogP contribution is -2.52. The van der Waals surface area contributed by atoms with Crippen molar-refractivity contribution in [3.05, 3.63) is 53.1 Å². The minimum atomic E-state index is -4.89. The lowest BCUT2D eigenvalue weighted by molar-refractivity contribution is -0.185. The quantitative estimate of drug-likeness (QED) is 0.695. The fourth-order valence-corrected chi connectivity index (χ4v) is 3.56. The average molecular weight is 470 g/mol. The molecule has 0 aromatic heterocycles. The van der Waals surface area contributed by atoms with Crippen LogP contribution in [0.3, 0.4) is 0 Å². The molecule has 0 atom stereocenters. The van der Waals surface area contributed by atoms with Gasteiger partial charge in [-0.25, -0.2) is 0 Å². The van der Waals surface area contributed by atoms with Crippen LogP contribution in [-0.2, 0) is 4.79 Å². The largest absolute Gasteiger partial charge is 0.491 e. The van der Waals surface area contributed by atoms with Gasteiger partial charge in [0.25, 0.3) is 5.91 Å². The van der Waals surface area contributed by atoms with Crippen LogP contribution in [0.15, 0.2) is 42.5 Å². The van der Waals surface area contributed by atoms with E-state index in [1.807, 2.05) is 18.7 Å². The third-order valence-corrected chi connectivity index (χ3v) is 5.06. The standard InChI is InChI=1S/C22H23ClF3N3O3/c1-14(2)32-17-5-3-4-15(12-17)20(30)27-18-13-16(23)6-7-19(18)28-8-10-29(11-9-28)21(31)22(24,25)26/h3-7,12-14H,8-11H2,1-2H3,(H,27,30). The normalized spacial score (nSPS) is 14.5. The summed E-state index contributed by atoms with van der Waals surface area (Å²) in [5.41, 5.74) is 1.42. The van der Waals surface area contributed by atoms with Crippen LogP contribution in [0.25, 0.3) is 0 Å². The summed E-state index contributed by atoms with van der Waals surface area (Å²) >= 11 is 6.11. The van der Waals surface area contributed by atoms with Gasteiger partial charge >= 0.3 is 12.1 Å². The van der Waals surface area contributed by atoms with Crippen LogP contribution in [0.4, 0.5) is 24.5 Å². The first kappa shape index (κ1) is 23.7. The molecule has 1 aliphatic rings. The summed E-state index contributed by atoms with van der Waals surface area (Å²) in [5.74, 6) is -1.66. The second kappa shape index (κ2) is 9.68. The topological polar surface area (TPSA) is 61.9 Å². The molecular formula is C22H23ClF3N3O3. The molecule has 2 aromatic rings. The summed E-state index contributed by atoms with van der Waals surface area (Å²) in [4.78, 5) is 26.9. The van der Waals surface area contributed by atoms with Crippen LogP contribution in [0.1, 0.15) is 24.2 Å². The molecule has 1 aliphatic heterocycles. The van der Waals surface area contributed by atoms with Gasteiger partial charge in [-0.05, 0) is 50.2 Å². The van der Waals surface area contributed by atoms with Crippen LogP contribution in [0.5, 0.6) is 5.75 Å². The number of halogens is 4. The van der Waals surface area contributed by atoms with Gasteiger partial charge in [-0.15, -0.1) is 0 Å². The van der Waals surface area contributed by atoms with Crippen LogP contribution < -0.4 is 15.0 Å². The van der Waals surface area contributed by atoms with Crippen LogP contribution in [0.2, 0.25) is 5.02 Å². The maximum Gasteiger partial charge on any atom is 0.471 e. The Balaban J connectivity index is 1.75. The molecule has 172 valence electrons. The van der Waals surface area contributed by atoms with Gasteiger partial charge in [0.1, 0.15) is 5.75 Å². The first-order valence-electron chi connectivity index (χ1n) is 10.0. The summed E-state index contributed by atoms with van der Waals surface area (Å²) in [7, 11) is 0. The molecule has 10 heteroatoms. The van der Waals surface area contributed by atoms with E-state index in [1.165, 1.54) is 0 Å². The first-order valence-corrected chi connectivity index (χ1v) is 10.4. The third-order valence-electron chi connectivity index (χ3n) is 4.82. The van der Waals surface area contributed by atoms with Crippen molar-refractivity contribution in [2.45, 2.75) is 26.1 Å². The molecule has 2 aromatic carbocycles. The maximum absolute atomic E-state index is 12.8. The van der Waals surface area contributed by atoms with E-state index in [4.69, 9.17) is 16.3 Å². The number of ether oxygens (including phenoxy) is 1. The number of alkyl halides is 3. The molecule has 0 saturated carbocycles. The molecule has 1 fully saturated rings. The Morgan fingerprint density at radius 3 is 2.38 bits per heavy atom. The van der Waals surface area contributed by atoms with E-state index >= 15 is 0 Å². The van der Waals surface area contributed by atoms with E-state index in [0.717, 1.165) is 4.90 Å². The van der Waals surface area contributed by atoms with Crippen molar-refractivity contribution >= 4 is 34.8 Å². The number of carbonyl (C=O) groups is 2. The summed E-state index contributed by atoms with van der Waals surface area (Å²) in [5, 5.41) is 3.22. The zero-order valence-corrected chi connectivity index (χ0v) is 18.3. The fourth-order valence-electron chi connectivity index (χ4n) is 3.39. The predicted molar refractivity (Wildman–Crippen MR) is 116 cm³/mol. The average Bonchev–Trinajstić information content (AvgIpc) is 2.72. The molecule has 0 unspecified atom stereocenters. The highest BCUT2D eigenvalue weighted by Gasteiger charge is 2.43. The van der Waals surface area contributed by atoms with Gasteiger partial charge < -0.3 is 19.9 Å². The summed E-state index contributed by atoms with van der Waals surface area (Å²) in [6, 6.07) is 11.6. The van der Waals surface area contributed by atoms with Crippen molar-refractivity contribution in [1.29, 1.82) is 0 Å². The first-order chi connectivity index (χ1) is 15.0. The van der Waals surface area contributed by atoms with Crippen molar-refractivity contribution in [2.24, 2.45) is 0 Å². The Kier molecular flexibility index (Phi) is 7.18. The zero-order chi connectivity index (χ0) is 23.5. The smallest absolute Gasteiger partial charge is 0.471 e. The van der Waals surface area contributed by atoms with E-state index in [9.17, 15) is 22.8 Å². The molecule has 1 heterocycles. The maximum atomic E-state index is 12.8. The van der Waals surface area contributed by atoms with E-state index in [-0.39, 0.29) is 38.2 Å². The van der Waals surface area contributed by atoms with Crippen molar-refractivity contribution in [3.8, 4) is 5.75 Å². The lowest BCUT2D eigenvalue weighted by atomic mass is 10.1. The van der Waals surface area contributed by atoms with Crippen LogP contribution >= 0.6 is 11.6 Å². The molecule has 0 aliphatic carbocycles. The predicted octanol–water partition coefficient (Wildman–Crippen LogP) is 4.59. The SMILES string of the molecule is CC(C)Oc1cccc(C(=O)Nc2cc(Cl)ccc2N2CCN(C(=O)C(F)(F)F)CC2)c1. The van der Waals surface area contributed by atoms with Crippen LogP contribution in [-0.4, -0.2) is 55.2 Å². The number of hydrogen-bond acceptors (Lipinski definition) is 4. The fraction of sp³-hybridized carbons (Fsp3) is 0.364. The Labute approximate surface area is 188 Å². The second-order valence-electron chi connectivity index (χ2n) is 7.59. The Morgan fingerprint density at radius 1 is 1.06 bits per heavy atom. The van der Waals surface area contributed by atoms with Crippen molar-refractivity contribution in [2.75, 3.05) is 36.4 Å². The highest BCUT2D eigenvalue weighted by atomic mass is 35.5. The lowest BCUT2D eigenvalue weighted by Gasteiger charge is -2.37. The van der Waals surface area contributed by atoms with E-state index in [2.05, 4.69) is 5.32 Å². The van der Waals surface area contributed by atoms with E-state index in [1.54, 1.807) is 42.5 Å². The number of amides is 2. The highest BCUT2D eigenvalue weighted by molar-refractivity contribution is 6.31. The minimum absolute atomic E-state index is 0.0456. The molecule has 1 N–H and O–H groups in total. The minimum Gasteiger partial charge on any atom is -0.491 e. The van der Waals surface area contributed by atoms with E-state index < -0.39 is 12.1 Å². The van der Waals surface area contributed by atoms with Gasteiger partial charge in [0.15, 0.2) is 0 Å². The van der Waals surface area contributed by atoms with Crippen molar-refractivity contribution in [1.82, 2.24) is 4.90 Å².